The van der Waals surface area contributed by atoms with Crippen LogP contribution in [0.5, 0.6) is 0 Å². The summed E-state index contributed by atoms with van der Waals surface area (Å²) in [6.07, 6.45) is -2.21. The summed E-state index contributed by atoms with van der Waals surface area (Å²) < 4.78 is 37.4. The SMILES string of the molecule is CN(C)c1nc(N)nc2c1ncn2[C@@H]1O[C@H](CO[Si](C)(C)C(C)(C)C)[C@@H](O[Si](C)(C)C(C)(C)C)[C@@H]1F. The molecule has 0 radical (unpaired) electrons. The van der Waals surface area contributed by atoms with Crippen molar-refractivity contribution < 1.29 is 18.0 Å². The number of halogens is 1. The standard InChI is InChI=1S/C24H45FN6O3Si2/c1-23(2,3)35(9,10)32-13-15-18(34-36(11,12)24(4,5)6)16(25)21(33-15)31-14-27-17-19(30(7)8)28-22(26)29-20(17)31/h14-16,18,21H,13H2,1-12H3,(H2,26,28,29)/t15-,16+,18-,21-/m1/s1. The molecule has 2 aromatic rings. The van der Waals surface area contributed by atoms with E-state index in [0.29, 0.717) is 17.0 Å². The molecule has 3 heterocycles. The first kappa shape index (κ1) is 29.0. The molecule has 0 spiro atoms. The number of alkyl halides is 1. The van der Waals surface area contributed by atoms with Crippen molar-refractivity contribution in [2.24, 2.45) is 0 Å². The van der Waals surface area contributed by atoms with Gasteiger partial charge in [0.2, 0.25) is 5.95 Å². The molecule has 0 amide bonds. The van der Waals surface area contributed by atoms with Gasteiger partial charge in [-0.25, -0.2) is 9.37 Å². The maximum absolute atomic E-state index is 16.3. The Labute approximate surface area is 217 Å². The van der Waals surface area contributed by atoms with Gasteiger partial charge in [-0.3, -0.25) is 4.57 Å². The summed E-state index contributed by atoms with van der Waals surface area (Å²) in [6, 6.07) is 0. The zero-order chi connectivity index (χ0) is 27.4. The molecule has 36 heavy (non-hydrogen) atoms. The van der Waals surface area contributed by atoms with Crippen LogP contribution in [0.4, 0.5) is 16.2 Å². The molecule has 9 nitrogen and oxygen atoms in total. The van der Waals surface area contributed by atoms with Crippen molar-refractivity contribution in [3.05, 3.63) is 6.33 Å². The van der Waals surface area contributed by atoms with Gasteiger partial charge in [-0.2, -0.15) is 9.97 Å². The van der Waals surface area contributed by atoms with Crippen LogP contribution >= 0.6 is 0 Å². The monoisotopic (exact) mass is 540 g/mol. The van der Waals surface area contributed by atoms with E-state index in [1.54, 1.807) is 15.8 Å². The lowest BCUT2D eigenvalue weighted by Gasteiger charge is -2.40. The third kappa shape index (κ3) is 5.47. The van der Waals surface area contributed by atoms with Crippen molar-refractivity contribution >= 4 is 39.6 Å². The van der Waals surface area contributed by atoms with E-state index in [2.05, 4.69) is 82.7 Å². The van der Waals surface area contributed by atoms with Gasteiger partial charge >= 0.3 is 0 Å². The molecule has 2 aromatic heterocycles. The molecule has 0 aromatic carbocycles. The van der Waals surface area contributed by atoms with Crippen LogP contribution in [0, 0.1) is 0 Å². The Morgan fingerprint density at radius 3 is 2.17 bits per heavy atom. The Morgan fingerprint density at radius 1 is 1.06 bits per heavy atom. The van der Waals surface area contributed by atoms with E-state index >= 15 is 4.39 Å². The van der Waals surface area contributed by atoms with Crippen molar-refractivity contribution in [3.8, 4) is 0 Å². The number of nitrogens with two attached hydrogens (primary N) is 1. The predicted molar refractivity (Wildman–Crippen MR) is 148 cm³/mol. The number of imidazole rings is 1. The third-order valence-corrected chi connectivity index (χ3v) is 17.0. The number of ether oxygens (including phenoxy) is 1. The van der Waals surface area contributed by atoms with Crippen LogP contribution < -0.4 is 10.6 Å². The van der Waals surface area contributed by atoms with E-state index in [0.717, 1.165) is 0 Å². The first-order valence-corrected chi connectivity index (χ1v) is 18.4. The van der Waals surface area contributed by atoms with Crippen molar-refractivity contribution in [2.75, 3.05) is 31.3 Å². The summed E-state index contributed by atoms with van der Waals surface area (Å²) in [4.78, 5) is 15.0. The van der Waals surface area contributed by atoms with Crippen LogP contribution in [0.1, 0.15) is 47.8 Å². The molecular weight excluding hydrogens is 495 g/mol. The Hall–Kier alpha value is -1.61. The van der Waals surface area contributed by atoms with Gasteiger partial charge in [-0.1, -0.05) is 41.5 Å². The Bertz CT molecular complexity index is 1080. The number of rotatable bonds is 7. The molecule has 0 bridgehead atoms. The second-order valence-electron chi connectivity index (χ2n) is 13.0. The van der Waals surface area contributed by atoms with Gasteiger partial charge in [-0.15, -0.1) is 0 Å². The highest BCUT2D eigenvalue weighted by molar-refractivity contribution is 6.74. The molecule has 0 aliphatic carbocycles. The second-order valence-corrected chi connectivity index (χ2v) is 22.6. The molecule has 2 N–H and O–H groups in total. The topological polar surface area (TPSA) is 101 Å². The molecule has 1 saturated heterocycles. The number of aromatic nitrogens is 4. The molecular formula is C24H45FN6O3Si2. The number of fused-ring (bicyclic) bond motifs is 1. The van der Waals surface area contributed by atoms with Gasteiger partial charge in [0, 0.05) is 14.1 Å². The van der Waals surface area contributed by atoms with Gasteiger partial charge in [-0.05, 0) is 36.3 Å². The third-order valence-electron chi connectivity index (χ3n) is 8.04. The highest BCUT2D eigenvalue weighted by atomic mass is 28.4. The van der Waals surface area contributed by atoms with Gasteiger partial charge in [0.1, 0.15) is 12.2 Å². The fraction of sp³-hybridized carbons (Fsp3) is 0.792. The normalized spacial score (nSPS) is 24.0. The summed E-state index contributed by atoms with van der Waals surface area (Å²) in [5.74, 6) is 0.657. The van der Waals surface area contributed by atoms with Crippen LogP contribution in [0.25, 0.3) is 11.2 Å². The lowest BCUT2D eigenvalue weighted by atomic mass is 10.1. The minimum absolute atomic E-state index is 0.0213. The highest BCUT2D eigenvalue weighted by Gasteiger charge is 2.52. The maximum Gasteiger partial charge on any atom is 0.224 e. The van der Waals surface area contributed by atoms with E-state index in [-0.39, 0.29) is 22.6 Å². The number of nitrogen functional groups attached to an aromatic ring is 1. The number of hydrogen-bond donors (Lipinski definition) is 1. The van der Waals surface area contributed by atoms with Gasteiger partial charge in [0.25, 0.3) is 0 Å². The Morgan fingerprint density at radius 2 is 1.64 bits per heavy atom. The number of anilines is 2. The molecule has 0 saturated carbocycles. The largest absolute Gasteiger partial charge is 0.414 e. The predicted octanol–water partition coefficient (Wildman–Crippen LogP) is 5.12. The molecule has 1 aliphatic rings. The van der Waals surface area contributed by atoms with Gasteiger partial charge in [0.15, 0.2) is 46.0 Å². The lowest BCUT2D eigenvalue weighted by molar-refractivity contribution is -0.0421. The van der Waals surface area contributed by atoms with Crippen molar-refractivity contribution in [1.29, 1.82) is 0 Å². The summed E-state index contributed by atoms with van der Waals surface area (Å²) in [6.45, 7) is 21.9. The smallest absolute Gasteiger partial charge is 0.224 e. The maximum atomic E-state index is 16.3. The molecule has 4 atom stereocenters. The molecule has 3 rings (SSSR count). The minimum atomic E-state index is -2.31. The zero-order valence-electron chi connectivity index (χ0n) is 24.0. The first-order valence-electron chi connectivity index (χ1n) is 12.6. The average molecular weight is 541 g/mol. The van der Waals surface area contributed by atoms with Crippen LogP contribution in [-0.4, -0.2) is 75.2 Å². The molecule has 0 unspecified atom stereocenters. The zero-order valence-corrected chi connectivity index (χ0v) is 26.0. The van der Waals surface area contributed by atoms with E-state index in [1.807, 2.05) is 14.1 Å². The number of nitrogens with zero attached hydrogens (tertiary/aromatic N) is 5. The highest BCUT2D eigenvalue weighted by Crippen LogP contribution is 2.44. The number of hydrogen-bond acceptors (Lipinski definition) is 8. The lowest BCUT2D eigenvalue weighted by Crippen LogP contribution is -2.50. The Kier molecular flexibility index (Phi) is 7.73. The molecule has 1 aliphatic heterocycles. The average Bonchev–Trinajstić information content (AvgIpc) is 3.25. The van der Waals surface area contributed by atoms with Crippen LogP contribution in [0.3, 0.4) is 0 Å². The van der Waals surface area contributed by atoms with Crippen molar-refractivity contribution in [3.63, 3.8) is 0 Å². The van der Waals surface area contributed by atoms with Crippen LogP contribution in [-0.2, 0) is 13.6 Å². The van der Waals surface area contributed by atoms with Crippen LogP contribution in [0.2, 0.25) is 36.3 Å². The van der Waals surface area contributed by atoms with E-state index in [9.17, 15) is 0 Å². The van der Waals surface area contributed by atoms with Crippen molar-refractivity contribution in [2.45, 2.75) is 102 Å². The molecule has 204 valence electrons. The summed E-state index contributed by atoms with van der Waals surface area (Å²) in [5.41, 5.74) is 6.95. The first-order chi connectivity index (χ1) is 16.3. The second kappa shape index (κ2) is 9.61. The fourth-order valence-corrected chi connectivity index (χ4v) is 5.96. The van der Waals surface area contributed by atoms with Gasteiger partial charge in [0.05, 0.1) is 12.9 Å². The Balaban J connectivity index is 2.00. The van der Waals surface area contributed by atoms with E-state index < -0.39 is 41.2 Å². The summed E-state index contributed by atoms with van der Waals surface area (Å²) in [7, 11) is -0.697. The molecule has 12 heteroatoms. The summed E-state index contributed by atoms with van der Waals surface area (Å²) >= 11 is 0. The molecule has 1 fully saturated rings. The van der Waals surface area contributed by atoms with Crippen LogP contribution in [0.15, 0.2) is 6.33 Å². The van der Waals surface area contributed by atoms with Crippen molar-refractivity contribution in [1.82, 2.24) is 19.5 Å². The summed E-state index contributed by atoms with van der Waals surface area (Å²) in [5, 5.41) is -0.0624. The van der Waals surface area contributed by atoms with E-state index in [1.165, 1.54) is 0 Å². The van der Waals surface area contributed by atoms with E-state index in [4.69, 9.17) is 19.3 Å². The fourth-order valence-electron chi connectivity index (χ4n) is 3.63. The minimum Gasteiger partial charge on any atom is -0.414 e. The van der Waals surface area contributed by atoms with Gasteiger partial charge < -0.3 is 24.2 Å². The quantitative estimate of drug-likeness (QED) is 0.483.